The van der Waals surface area contributed by atoms with Crippen molar-refractivity contribution in [2.75, 3.05) is 5.32 Å². The molecule has 0 spiro atoms. The molecule has 2 radical (unpaired) electrons. The van der Waals surface area contributed by atoms with Crippen LogP contribution in [0.5, 0.6) is 0 Å². The van der Waals surface area contributed by atoms with Crippen molar-refractivity contribution in [3.05, 3.63) is 70.2 Å². The van der Waals surface area contributed by atoms with E-state index in [2.05, 4.69) is 56.9 Å². The Bertz CT molecular complexity index is 1360. The summed E-state index contributed by atoms with van der Waals surface area (Å²) in [4.78, 5) is 28.4. The van der Waals surface area contributed by atoms with Crippen molar-refractivity contribution >= 4 is 63.7 Å². The van der Waals surface area contributed by atoms with Gasteiger partial charge in [0.05, 0.1) is 13.5 Å². The van der Waals surface area contributed by atoms with Crippen LogP contribution in [0.1, 0.15) is 57.1 Å². The van der Waals surface area contributed by atoms with E-state index in [0.29, 0.717) is 24.7 Å². The molecular formula is C28H28BIN4OS. The summed E-state index contributed by atoms with van der Waals surface area (Å²) in [6, 6.07) is 16.0. The normalized spacial score (nSPS) is 22.9. The van der Waals surface area contributed by atoms with Crippen LogP contribution in [0, 0.1) is 9.49 Å². The maximum atomic E-state index is 13.6. The van der Waals surface area contributed by atoms with Gasteiger partial charge in [-0.05, 0) is 78.1 Å². The molecule has 8 heteroatoms. The maximum Gasteiger partial charge on any atom is 0.221 e. The van der Waals surface area contributed by atoms with Crippen molar-refractivity contribution < 1.29 is 4.79 Å². The van der Waals surface area contributed by atoms with Crippen LogP contribution in [-0.4, -0.2) is 28.7 Å². The van der Waals surface area contributed by atoms with Gasteiger partial charge in [-0.25, -0.2) is 9.97 Å². The van der Waals surface area contributed by atoms with Gasteiger partial charge in [0.25, 0.3) is 0 Å². The number of anilines is 1. The van der Waals surface area contributed by atoms with Crippen LogP contribution in [0.25, 0.3) is 20.9 Å². The Hall–Kier alpha value is -2.33. The van der Waals surface area contributed by atoms with Crippen molar-refractivity contribution in [3.63, 3.8) is 0 Å². The van der Waals surface area contributed by atoms with E-state index in [1.54, 1.807) is 0 Å². The predicted octanol–water partition coefficient (Wildman–Crippen LogP) is 7.40. The van der Waals surface area contributed by atoms with E-state index < -0.39 is 5.31 Å². The highest BCUT2D eigenvalue weighted by Crippen LogP contribution is 2.43. The van der Waals surface area contributed by atoms with Crippen molar-refractivity contribution in [1.29, 1.82) is 0 Å². The number of hydrogen-bond acceptors (Lipinski definition) is 5. The zero-order valence-electron chi connectivity index (χ0n) is 20.3. The summed E-state index contributed by atoms with van der Waals surface area (Å²) >= 11 is 3.77. The lowest BCUT2D eigenvalue weighted by molar-refractivity contribution is -0.119. The maximum absolute atomic E-state index is 13.6. The number of carbonyl (C=O) groups is 1. The van der Waals surface area contributed by atoms with Crippen LogP contribution in [0.2, 0.25) is 5.31 Å². The third kappa shape index (κ3) is 5.49. The van der Waals surface area contributed by atoms with Gasteiger partial charge in [-0.15, -0.1) is 0 Å². The number of para-hydroxylation sites is 1. The molecule has 1 fully saturated rings. The summed E-state index contributed by atoms with van der Waals surface area (Å²) in [7, 11) is 6.83. The first-order chi connectivity index (χ1) is 17.4. The van der Waals surface area contributed by atoms with Gasteiger partial charge in [0.2, 0.25) is 5.91 Å². The smallest absolute Gasteiger partial charge is 0.221 e. The van der Waals surface area contributed by atoms with E-state index in [1.807, 2.05) is 48.8 Å². The Morgan fingerprint density at radius 3 is 2.69 bits per heavy atom. The number of benzene rings is 1. The number of fused-ring (bicyclic) bond motifs is 1. The van der Waals surface area contributed by atoms with Gasteiger partial charge in [0.1, 0.15) is 15.4 Å². The molecule has 5 nitrogen and oxygen atoms in total. The minimum absolute atomic E-state index is 0.118. The van der Waals surface area contributed by atoms with Crippen LogP contribution in [0.3, 0.4) is 0 Å². The quantitative estimate of drug-likeness (QED) is 0.194. The Balaban J connectivity index is 1.35. The second-order valence-electron chi connectivity index (χ2n) is 9.78. The van der Waals surface area contributed by atoms with Crippen molar-refractivity contribution in [3.8, 4) is 10.6 Å². The molecule has 1 aliphatic rings. The monoisotopic (exact) mass is 606 g/mol. The lowest BCUT2D eigenvalue weighted by Gasteiger charge is -2.29. The molecule has 1 aromatic carbocycles. The zero-order chi connectivity index (χ0) is 25.1. The molecular weight excluding hydrogens is 578 g/mol. The first-order valence-electron chi connectivity index (χ1n) is 12.5. The highest BCUT2D eigenvalue weighted by molar-refractivity contribution is 14.1. The number of thiazole rings is 1. The number of rotatable bonds is 4. The second kappa shape index (κ2) is 11.0. The molecule has 3 heterocycles. The number of carbonyl (C=O) groups excluding carboxylic acids is 1. The summed E-state index contributed by atoms with van der Waals surface area (Å²) in [6.07, 6.45) is 8.85. The fraction of sp³-hybridized carbons (Fsp3) is 0.357. The fourth-order valence-corrected chi connectivity index (χ4v) is 6.55. The molecule has 1 aliphatic carbocycles. The summed E-state index contributed by atoms with van der Waals surface area (Å²) < 4.78 is 1.04. The van der Waals surface area contributed by atoms with Gasteiger partial charge in [-0.3, -0.25) is 9.78 Å². The van der Waals surface area contributed by atoms with Gasteiger partial charge in [0, 0.05) is 38.5 Å². The van der Waals surface area contributed by atoms with Crippen LogP contribution in [0.4, 0.5) is 5.69 Å². The highest BCUT2D eigenvalue weighted by Gasteiger charge is 2.34. The summed E-state index contributed by atoms with van der Waals surface area (Å²) in [5.74, 6) is 0.780. The Morgan fingerprint density at radius 1 is 1.11 bits per heavy atom. The van der Waals surface area contributed by atoms with Gasteiger partial charge < -0.3 is 5.32 Å². The van der Waals surface area contributed by atoms with Gasteiger partial charge in [-0.2, -0.15) is 0 Å². The predicted molar refractivity (Wildman–Crippen MR) is 156 cm³/mol. The SMILES string of the molecule is [B]C1(C(=O)Nc2ccccc2-c2nc3cc(I)cnc3s2)CCCC(C)C(c2ccccn2)CCC1. The zero-order valence-corrected chi connectivity index (χ0v) is 23.3. The van der Waals surface area contributed by atoms with Crippen LogP contribution in [0.15, 0.2) is 60.9 Å². The number of nitrogens with zero attached hydrogens (tertiary/aromatic N) is 3. The Morgan fingerprint density at radius 2 is 1.89 bits per heavy atom. The highest BCUT2D eigenvalue weighted by atomic mass is 127. The number of aromatic nitrogens is 3. The van der Waals surface area contributed by atoms with Crippen LogP contribution < -0.4 is 5.32 Å². The minimum Gasteiger partial charge on any atom is -0.326 e. The molecule has 0 bridgehead atoms. The first-order valence-corrected chi connectivity index (χ1v) is 14.4. The summed E-state index contributed by atoms with van der Waals surface area (Å²) in [6.45, 7) is 2.30. The Kier molecular flexibility index (Phi) is 7.72. The number of halogens is 1. The lowest BCUT2D eigenvalue weighted by Crippen LogP contribution is -2.30. The summed E-state index contributed by atoms with van der Waals surface area (Å²) in [5.41, 5.74) is 3.64. The van der Waals surface area contributed by atoms with Crippen LogP contribution >= 0.6 is 33.9 Å². The second-order valence-corrected chi connectivity index (χ2v) is 12.0. The van der Waals surface area contributed by atoms with Gasteiger partial charge in [-0.1, -0.05) is 55.7 Å². The van der Waals surface area contributed by atoms with E-state index in [-0.39, 0.29) is 5.91 Å². The molecule has 1 N–H and O–H groups in total. The average Bonchev–Trinajstić information content (AvgIpc) is 3.32. The number of amides is 1. The number of nitrogens with one attached hydrogen (secondary N) is 1. The third-order valence-corrected chi connectivity index (χ3v) is 8.85. The topological polar surface area (TPSA) is 67.8 Å². The van der Waals surface area contributed by atoms with Gasteiger partial charge in [0.15, 0.2) is 0 Å². The molecule has 0 saturated heterocycles. The third-order valence-electron chi connectivity index (χ3n) is 7.25. The van der Waals surface area contributed by atoms with Crippen molar-refractivity contribution in [1.82, 2.24) is 15.0 Å². The number of hydrogen-bond donors (Lipinski definition) is 1. The van der Waals surface area contributed by atoms with Crippen molar-refractivity contribution in [2.24, 2.45) is 5.92 Å². The molecule has 3 aromatic heterocycles. The minimum atomic E-state index is -0.906. The standard InChI is InChI=1S/C28H28BIN4OS/c1-18-8-6-13-28(29,14-7-10-20(18)22-11-4-5-15-31-22)27(35)34-23-12-3-2-9-21(23)25-33-24-16-19(30)17-32-26(24)36-25/h2-5,9,11-12,15-18,20H,6-8,10,13-14H2,1H3,(H,34,35). The molecule has 1 saturated carbocycles. The van der Waals surface area contributed by atoms with E-state index >= 15 is 0 Å². The van der Waals surface area contributed by atoms with Gasteiger partial charge >= 0.3 is 0 Å². The molecule has 4 aromatic rings. The molecule has 0 aliphatic heterocycles. The van der Waals surface area contributed by atoms with Crippen molar-refractivity contribution in [2.45, 2.75) is 56.7 Å². The van der Waals surface area contributed by atoms with E-state index in [1.165, 1.54) is 11.3 Å². The van der Waals surface area contributed by atoms with E-state index in [0.717, 1.165) is 61.6 Å². The molecule has 3 unspecified atom stereocenters. The largest absolute Gasteiger partial charge is 0.326 e. The molecule has 5 rings (SSSR count). The first kappa shape index (κ1) is 25.3. The molecule has 182 valence electrons. The average molecular weight is 606 g/mol. The Labute approximate surface area is 231 Å². The molecule has 3 atom stereocenters. The molecule has 1 amide bonds. The molecule has 36 heavy (non-hydrogen) atoms. The fourth-order valence-electron chi connectivity index (χ4n) is 5.19. The number of pyridine rings is 2. The van der Waals surface area contributed by atoms with Crippen LogP contribution in [-0.2, 0) is 4.79 Å². The van der Waals surface area contributed by atoms with E-state index in [4.69, 9.17) is 12.8 Å². The lowest BCUT2D eigenvalue weighted by atomic mass is 9.62. The summed E-state index contributed by atoms with van der Waals surface area (Å²) in [5, 5.41) is 3.10. The van der Waals surface area contributed by atoms with E-state index in [9.17, 15) is 4.79 Å².